The molecular weight excluding hydrogens is 198 g/mol. The molecular formula is C13H21N3. The van der Waals surface area contributed by atoms with Gasteiger partial charge in [-0.25, -0.2) is 0 Å². The van der Waals surface area contributed by atoms with Crippen molar-refractivity contribution in [2.45, 2.75) is 32.2 Å². The molecule has 2 rings (SSSR count). The normalized spacial score (nSPS) is 17.2. The molecule has 1 aromatic heterocycles. The smallest absolute Gasteiger partial charge is 0.0598 e. The largest absolute Gasteiger partial charge is 0.370 e. The molecule has 3 nitrogen and oxygen atoms in total. The van der Waals surface area contributed by atoms with Crippen LogP contribution in [0, 0.1) is 0 Å². The van der Waals surface area contributed by atoms with E-state index >= 15 is 0 Å². The zero-order valence-corrected chi connectivity index (χ0v) is 10.1. The number of nitrogens with zero attached hydrogens (tertiary/aromatic N) is 2. The average Bonchev–Trinajstić information content (AvgIpc) is 2.59. The highest BCUT2D eigenvalue weighted by molar-refractivity contribution is 5.51. The highest BCUT2D eigenvalue weighted by Crippen LogP contribution is 2.22. The monoisotopic (exact) mass is 219 g/mol. The second-order valence-electron chi connectivity index (χ2n) is 4.44. The van der Waals surface area contributed by atoms with Crippen molar-refractivity contribution in [1.29, 1.82) is 0 Å². The van der Waals surface area contributed by atoms with Gasteiger partial charge in [0.05, 0.1) is 11.9 Å². The Labute approximate surface area is 97.9 Å². The zero-order chi connectivity index (χ0) is 11.2. The molecule has 0 unspecified atom stereocenters. The van der Waals surface area contributed by atoms with Gasteiger partial charge in [0.1, 0.15) is 0 Å². The van der Waals surface area contributed by atoms with Gasteiger partial charge in [0.25, 0.3) is 0 Å². The van der Waals surface area contributed by atoms with Crippen molar-refractivity contribution in [3.63, 3.8) is 0 Å². The van der Waals surface area contributed by atoms with Crippen molar-refractivity contribution in [2.24, 2.45) is 0 Å². The van der Waals surface area contributed by atoms with E-state index in [9.17, 15) is 0 Å². The molecule has 1 saturated heterocycles. The highest BCUT2D eigenvalue weighted by Gasteiger charge is 2.12. The lowest BCUT2D eigenvalue weighted by molar-refractivity contribution is 0.726. The molecule has 1 fully saturated rings. The first-order valence-electron chi connectivity index (χ1n) is 6.24. The van der Waals surface area contributed by atoms with E-state index in [2.05, 4.69) is 21.3 Å². The fraction of sp³-hybridized carbons (Fsp3) is 0.615. The molecule has 0 atom stereocenters. The summed E-state index contributed by atoms with van der Waals surface area (Å²) in [6, 6.07) is 2.12. The molecule has 0 spiro atoms. The number of hydrogen-bond acceptors (Lipinski definition) is 3. The lowest BCUT2D eigenvalue weighted by Crippen LogP contribution is -2.26. The van der Waals surface area contributed by atoms with Gasteiger partial charge in [-0.3, -0.25) is 4.98 Å². The first kappa shape index (κ1) is 11.4. The van der Waals surface area contributed by atoms with Gasteiger partial charge in [0.15, 0.2) is 0 Å². The van der Waals surface area contributed by atoms with Crippen LogP contribution in [0.2, 0.25) is 0 Å². The summed E-state index contributed by atoms with van der Waals surface area (Å²) in [5, 5.41) is 3.22. The number of rotatable bonds is 3. The molecule has 0 aromatic carbocycles. The minimum absolute atomic E-state index is 0.925. The predicted octanol–water partition coefficient (Wildman–Crippen LogP) is 2.18. The lowest BCUT2D eigenvalue weighted by atomic mass is 10.2. The fourth-order valence-corrected chi connectivity index (χ4v) is 2.35. The van der Waals surface area contributed by atoms with E-state index < -0.39 is 0 Å². The summed E-state index contributed by atoms with van der Waals surface area (Å²) in [6.45, 7) is 3.29. The van der Waals surface area contributed by atoms with Crippen LogP contribution in [0.3, 0.4) is 0 Å². The Morgan fingerprint density at radius 3 is 2.69 bits per heavy atom. The lowest BCUT2D eigenvalue weighted by Gasteiger charge is -2.24. The average molecular weight is 219 g/mol. The molecule has 0 bridgehead atoms. The summed E-state index contributed by atoms with van der Waals surface area (Å²) in [7, 11) is 1.99. The number of anilines is 1. The van der Waals surface area contributed by atoms with Crippen LogP contribution in [0.5, 0.6) is 0 Å². The molecule has 3 heteroatoms. The predicted molar refractivity (Wildman–Crippen MR) is 67.7 cm³/mol. The summed E-state index contributed by atoms with van der Waals surface area (Å²) < 4.78 is 0. The van der Waals surface area contributed by atoms with E-state index in [1.807, 2.05) is 19.4 Å². The first-order chi connectivity index (χ1) is 7.92. The Bertz CT molecular complexity index is 317. The quantitative estimate of drug-likeness (QED) is 0.844. The zero-order valence-electron chi connectivity index (χ0n) is 10.1. The second kappa shape index (κ2) is 5.85. The van der Waals surface area contributed by atoms with Gasteiger partial charge in [-0.2, -0.15) is 0 Å². The van der Waals surface area contributed by atoms with Crippen LogP contribution < -0.4 is 10.2 Å². The number of hydrogen-bond donors (Lipinski definition) is 1. The van der Waals surface area contributed by atoms with E-state index in [0.717, 1.165) is 6.54 Å². The topological polar surface area (TPSA) is 28.2 Å². The third-order valence-corrected chi connectivity index (χ3v) is 3.20. The van der Waals surface area contributed by atoms with Gasteiger partial charge >= 0.3 is 0 Å². The van der Waals surface area contributed by atoms with Gasteiger partial charge in [-0.1, -0.05) is 12.8 Å². The van der Waals surface area contributed by atoms with E-state index in [4.69, 9.17) is 0 Å². The van der Waals surface area contributed by atoms with Crippen LogP contribution >= 0.6 is 0 Å². The van der Waals surface area contributed by atoms with Crippen LogP contribution in [0.4, 0.5) is 5.69 Å². The number of pyridine rings is 1. The Hall–Kier alpha value is -1.09. The maximum absolute atomic E-state index is 4.26. The molecule has 0 radical (unpaired) electrons. The molecule has 2 heterocycles. The Morgan fingerprint density at radius 1 is 1.25 bits per heavy atom. The van der Waals surface area contributed by atoms with Crippen molar-refractivity contribution in [3.8, 4) is 0 Å². The Kier molecular flexibility index (Phi) is 4.17. The van der Waals surface area contributed by atoms with E-state index in [1.54, 1.807) is 0 Å². The summed E-state index contributed by atoms with van der Waals surface area (Å²) in [5.74, 6) is 0. The Balaban J connectivity index is 2.16. The molecule has 16 heavy (non-hydrogen) atoms. The first-order valence-corrected chi connectivity index (χ1v) is 6.24. The second-order valence-corrected chi connectivity index (χ2v) is 4.44. The van der Waals surface area contributed by atoms with Crippen LogP contribution in [-0.2, 0) is 6.54 Å². The van der Waals surface area contributed by atoms with Gasteiger partial charge in [0.2, 0.25) is 0 Å². The Morgan fingerprint density at radius 2 is 2.00 bits per heavy atom. The molecule has 0 aliphatic carbocycles. The molecule has 0 saturated carbocycles. The van der Waals surface area contributed by atoms with E-state index in [1.165, 1.54) is 50.0 Å². The standard InChI is InChI=1S/C13H21N3/c1-14-10-12-6-7-15-11-13(12)16-8-4-2-3-5-9-16/h6-7,11,14H,2-5,8-10H2,1H3. The van der Waals surface area contributed by atoms with Crippen molar-refractivity contribution >= 4 is 5.69 Å². The van der Waals surface area contributed by atoms with Crippen LogP contribution in [-0.4, -0.2) is 25.1 Å². The minimum atomic E-state index is 0.925. The van der Waals surface area contributed by atoms with Crippen LogP contribution in [0.15, 0.2) is 18.5 Å². The van der Waals surface area contributed by atoms with Crippen molar-refractivity contribution in [3.05, 3.63) is 24.0 Å². The maximum atomic E-state index is 4.26. The van der Waals surface area contributed by atoms with E-state index in [0.29, 0.717) is 0 Å². The van der Waals surface area contributed by atoms with Crippen molar-refractivity contribution in [1.82, 2.24) is 10.3 Å². The van der Waals surface area contributed by atoms with Crippen LogP contribution in [0.25, 0.3) is 0 Å². The third kappa shape index (κ3) is 2.73. The maximum Gasteiger partial charge on any atom is 0.0598 e. The van der Waals surface area contributed by atoms with Crippen LogP contribution in [0.1, 0.15) is 31.2 Å². The number of aromatic nitrogens is 1. The van der Waals surface area contributed by atoms with Gasteiger partial charge < -0.3 is 10.2 Å². The van der Waals surface area contributed by atoms with Gasteiger partial charge in [-0.05, 0) is 31.5 Å². The molecule has 1 aliphatic heterocycles. The molecule has 88 valence electrons. The third-order valence-electron chi connectivity index (χ3n) is 3.20. The summed E-state index contributed by atoms with van der Waals surface area (Å²) in [5.41, 5.74) is 2.68. The summed E-state index contributed by atoms with van der Waals surface area (Å²) in [4.78, 5) is 6.76. The molecule has 1 aromatic rings. The fourth-order valence-electron chi connectivity index (χ4n) is 2.35. The molecule has 0 amide bonds. The van der Waals surface area contributed by atoms with Crippen molar-refractivity contribution < 1.29 is 0 Å². The van der Waals surface area contributed by atoms with E-state index in [-0.39, 0.29) is 0 Å². The SMILES string of the molecule is CNCc1ccncc1N1CCCCCC1. The minimum Gasteiger partial charge on any atom is -0.370 e. The van der Waals surface area contributed by atoms with Gasteiger partial charge in [0, 0.05) is 25.8 Å². The molecule has 1 aliphatic rings. The highest BCUT2D eigenvalue weighted by atomic mass is 15.1. The number of nitrogens with one attached hydrogen (secondary N) is 1. The van der Waals surface area contributed by atoms with Crippen molar-refractivity contribution in [2.75, 3.05) is 25.0 Å². The summed E-state index contributed by atoms with van der Waals surface area (Å²) in [6.07, 6.45) is 9.27. The summed E-state index contributed by atoms with van der Waals surface area (Å²) >= 11 is 0. The molecule has 1 N–H and O–H groups in total. The van der Waals surface area contributed by atoms with Gasteiger partial charge in [-0.15, -0.1) is 0 Å².